The van der Waals surface area contributed by atoms with Gasteiger partial charge < -0.3 is 4.74 Å². The molecular formula is C16H14N2O2S2. The van der Waals surface area contributed by atoms with Crippen molar-refractivity contribution < 1.29 is 9.53 Å². The number of carbonyl (C=O) groups is 1. The zero-order chi connectivity index (χ0) is 15.5. The van der Waals surface area contributed by atoms with Crippen LogP contribution in [0.25, 0.3) is 10.2 Å². The van der Waals surface area contributed by atoms with Crippen molar-refractivity contribution in [3.8, 4) is 5.75 Å². The van der Waals surface area contributed by atoms with Gasteiger partial charge in [0.2, 0.25) is 0 Å². The minimum atomic E-state index is 0.0520. The fourth-order valence-corrected chi connectivity index (χ4v) is 3.90. The van der Waals surface area contributed by atoms with Gasteiger partial charge in [-0.25, -0.2) is 9.97 Å². The fourth-order valence-electron chi connectivity index (χ4n) is 2.14. The Morgan fingerprint density at radius 2 is 2.18 bits per heavy atom. The van der Waals surface area contributed by atoms with Gasteiger partial charge in [0.15, 0.2) is 5.78 Å². The van der Waals surface area contributed by atoms with Crippen molar-refractivity contribution >= 4 is 39.1 Å². The lowest BCUT2D eigenvalue weighted by Crippen LogP contribution is -1.97. The summed E-state index contributed by atoms with van der Waals surface area (Å²) in [7, 11) is 1.64. The van der Waals surface area contributed by atoms with Gasteiger partial charge in [-0.15, -0.1) is 23.1 Å². The van der Waals surface area contributed by atoms with Crippen LogP contribution in [0.4, 0.5) is 0 Å². The number of hydrogen-bond donors (Lipinski definition) is 0. The number of benzene rings is 1. The largest absolute Gasteiger partial charge is 0.496 e. The van der Waals surface area contributed by atoms with Crippen molar-refractivity contribution in [3.63, 3.8) is 0 Å². The van der Waals surface area contributed by atoms with Crippen molar-refractivity contribution in [2.45, 2.75) is 17.7 Å². The van der Waals surface area contributed by atoms with Gasteiger partial charge in [0.25, 0.3) is 0 Å². The van der Waals surface area contributed by atoms with E-state index in [-0.39, 0.29) is 5.78 Å². The number of methoxy groups -OCH3 is 1. The Labute approximate surface area is 136 Å². The number of ether oxygens (including phenoxy) is 1. The third-order valence-corrected chi connectivity index (χ3v) is 5.15. The first-order valence-corrected chi connectivity index (χ1v) is 8.54. The predicted molar refractivity (Wildman–Crippen MR) is 90.0 cm³/mol. The number of nitrogens with zero attached hydrogens (tertiary/aromatic N) is 2. The molecule has 4 nitrogen and oxygen atoms in total. The summed E-state index contributed by atoms with van der Waals surface area (Å²) in [6.45, 7) is 1.57. The second-order valence-corrected chi connectivity index (χ2v) is 6.55. The van der Waals surface area contributed by atoms with Gasteiger partial charge in [0.1, 0.15) is 21.9 Å². The molecule has 0 radical (unpaired) electrons. The molecule has 0 amide bonds. The SMILES string of the molecule is COc1ccc(C(C)=O)cc1CSc1ncnc2sccc12. The monoisotopic (exact) mass is 330 g/mol. The average molecular weight is 330 g/mol. The minimum absolute atomic E-state index is 0.0520. The Bertz CT molecular complexity index is 830. The van der Waals surface area contributed by atoms with Crippen LogP contribution in [0.3, 0.4) is 0 Å². The van der Waals surface area contributed by atoms with E-state index in [2.05, 4.69) is 9.97 Å². The van der Waals surface area contributed by atoms with E-state index in [1.165, 1.54) is 0 Å². The molecule has 0 fully saturated rings. The van der Waals surface area contributed by atoms with Gasteiger partial charge in [-0.3, -0.25) is 4.79 Å². The van der Waals surface area contributed by atoms with Crippen molar-refractivity contribution in [2.24, 2.45) is 0 Å². The summed E-state index contributed by atoms with van der Waals surface area (Å²) < 4.78 is 5.39. The Morgan fingerprint density at radius 1 is 1.32 bits per heavy atom. The lowest BCUT2D eigenvalue weighted by atomic mass is 10.1. The minimum Gasteiger partial charge on any atom is -0.496 e. The molecule has 3 rings (SSSR count). The van der Waals surface area contributed by atoms with Crippen LogP contribution in [0, 0.1) is 0 Å². The number of ketones is 1. The van der Waals surface area contributed by atoms with Crippen molar-refractivity contribution in [3.05, 3.63) is 47.1 Å². The van der Waals surface area contributed by atoms with Gasteiger partial charge in [0, 0.05) is 22.3 Å². The summed E-state index contributed by atoms with van der Waals surface area (Å²) in [5, 5.41) is 4.03. The quantitative estimate of drug-likeness (QED) is 0.399. The molecule has 2 heterocycles. The van der Waals surface area contributed by atoms with E-state index >= 15 is 0 Å². The fraction of sp³-hybridized carbons (Fsp3) is 0.188. The number of fused-ring (bicyclic) bond motifs is 1. The normalized spacial score (nSPS) is 10.8. The van der Waals surface area contributed by atoms with Crippen LogP contribution in [0.1, 0.15) is 22.8 Å². The molecule has 3 aromatic rings. The van der Waals surface area contributed by atoms with E-state index in [0.717, 1.165) is 26.6 Å². The molecule has 0 N–H and O–H groups in total. The number of thiophene rings is 1. The summed E-state index contributed by atoms with van der Waals surface area (Å²) in [4.78, 5) is 21.1. The van der Waals surface area contributed by atoms with Gasteiger partial charge in [-0.1, -0.05) is 0 Å². The standard InChI is InChI=1S/C16H14N2O2S2/c1-10(19)11-3-4-14(20-2)12(7-11)8-22-16-13-5-6-21-15(13)17-9-18-16/h3-7,9H,8H2,1-2H3. The maximum atomic E-state index is 11.5. The lowest BCUT2D eigenvalue weighted by Gasteiger charge is -2.09. The van der Waals surface area contributed by atoms with E-state index in [4.69, 9.17) is 4.74 Å². The Kier molecular flexibility index (Phi) is 4.40. The first-order valence-electron chi connectivity index (χ1n) is 6.68. The summed E-state index contributed by atoms with van der Waals surface area (Å²) in [6, 6.07) is 7.55. The molecule has 1 aromatic carbocycles. The Balaban J connectivity index is 1.88. The molecule has 0 unspecified atom stereocenters. The van der Waals surface area contributed by atoms with Crippen molar-refractivity contribution in [1.82, 2.24) is 9.97 Å². The number of Topliss-reactive ketones (excluding diaryl/α,β-unsaturated/α-hetero) is 1. The molecule has 0 aliphatic carbocycles. The van der Waals surface area contributed by atoms with Gasteiger partial charge >= 0.3 is 0 Å². The summed E-state index contributed by atoms with van der Waals surface area (Å²) >= 11 is 3.23. The molecular weight excluding hydrogens is 316 g/mol. The maximum Gasteiger partial charge on any atom is 0.159 e. The number of thioether (sulfide) groups is 1. The Hall–Kier alpha value is -1.92. The molecule has 0 atom stereocenters. The van der Waals surface area contributed by atoms with E-state index in [1.54, 1.807) is 49.5 Å². The zero-order valence-corrected chi connectivity index (χ0v) is 13.8. The average Bonchev–Trinajstić information content (AvgIpc) is 3.01. The van der Waals surface area contributed by atoms with E-state index in [1.807, 2.05) is 23.6 Å². The number of aromatic nitrogens is 2. The summed E-state index contributed by atoms with van der Waals surface area (Å²) in [5.74, 6) is 1.52. The molecule has 6 heteroatoms. The predicted octanol–water partition coefficient (Wildman–Crippen LogP) is 4.19. The number of carbonyl (C=O) groups excluding carboxylic acids is 1. The van der Waals surface area contributed by atoms with Gasteiger partial charge in [-0.2, -0.15) is 0 Å². The second kappa shape index (κ2) is 6.46. The lowest BCUT2D eigenvalue weighted by molar-refractivity contribution is 0.101. The molecule has 0 saturated carbocycles. The summed E-state index contributed by atoms with van der Waals surface area (Å²) in [6.07, 6.45) is 1.59. The van der Waals surface area contributed by atoms with Crippen LogP contribution >= 0.6 is 23.1 Å². The van der Waals surface area contributed by atoms with Crippen molar-refractivity contribution in [1.29, 1.82) is 0 Å². The van der Waals surface area contributed by atoms with E-state index < -0.39 is 0 Å². The second-order valence-electron chi connectivity index (χ2n) is 4.69. The molecule has 0 bridgehead atoms. The number of hydrogen-bond acceptors (Lipinski definition) is 6. The van der Waals surface area contributed by atoms with Gasteiger partial charge in [-0.05, 0) is 36.6 Å². The van der Waals surface area contributed by atoms with Crippen LogP contribution in [-0.4, -0.2) is 22.9 Å². The summed E-state index contributed by atoms with van der Waals surface area (Å²) in [5.41, 5.74) is 1.68. The highest BCUT2D eigenvalue weighted by Gasteiger charge is 2.10. The van der Waals surface area contributed by atoms with Crippen molar-refractivity contribution in [2.75, 3.05) is 7.11 Å². The van der Waals surface area contributed by atoms with Crippen LogP contribution in [0.5, 0.6) is 5.75 Å². The third kappa shape index (κ3) is 2.98. The highest BCUT2D eigenvalue weighted by Crippen LogP contribution is 2.32. The Morgan fingerprint density at radius 3 is 2.95 bits per heavy atom. The van der Waals surface area contributed by atoms with E-state index in [9.17, 15) is 4.79 Å². The maximum absolute atomic E-state index is 11.5. The highest BCUT2D eigenvalue weighted by atomic mass is 32.2. The first kappa shape index (κ1) is 15.0. The molecule has 2 aromatic heterocycles. The van der Waals surface area contributed by atoms with Crippen LogP contribution in [0.2, 0.25) is 0 Å². The zero-order valence-electron chi connectivity index (χ0n) is 12.2. The van der Waals surface area contributed by atoms with E-state index in [0.29, 0.717) is 11.3 Å². The third-order valence-electron chi connectivity index (χ3n) is 3.28. The van der Waals surface area contributed by atoms with Crippen LogP contribution in [-0.2, 0) is 5.75 Å². The highest BCUT2D eigenvalue weighted by molar-refractivity contribution is 7.98. The molecule has 112 valence electrons. The molecule has 22 heavy (non-hydrogen) atoms. The molecule has 0 saturated heterocycles. The molecule has 0 spiro atoms. The molecule has 0 aliphatic rings. The number of rotatable bonds is 5. The smallest absolute Gasteiger partial charge is 0.159 e. The first-order chi connectivity index (χ1) is 10.7. The molecule has 0 aliphatic heterocycles. The van der Waals surface area contributed by atoms with Gasteiger partial charge in [0.05, 0.1) is 7.11 Å². The topological polar surface area (TPSA) is 52.1 Å². The van der Waals surface area contributed by atoms with Crippen LogP contribution in [0.15, 0.2) is 41.0 Å². The van der Waals surface area contributed by atoms with Crippen LogP contribution < -0.4 is 4.74 Å².